The fourth-order valence-electron chi connectivity index (χ4n) is 8.78. The SMILES string of the molecule is CC(N)c1ccc(C2(C#N)CCCCC2)cc1.CC(NC(=O)Cn1cnc2cccc(C#N)c21)c1ccc(C2(C#N)CCCCC2)cc1.N#Cc1cccc2ncn(CC(=O)O)c12. The normalized spacial score (nSPS) is 15.9. The third-order valence-electron chi connectivity index (χ3n) is 12.3. The first-order chi connectivity index (χ1) is 30.5. The van der Waals surface area contributed by atoms with Crippen molar-refractivity contribution in [2.24, 2.45) is 5.73 Å². The smallest absolute Gasteiger partial charge is 0.323 e. The van der Waals surface area contributed by atoms with Crippen molar-refractivity contribution >= 4 is 33.9 Å². The summed E-state index contributed by atoms with van der Waals surface area (Å²) in [5.41, 5.74) is 13.1. The fourth-order valence-corrected chi connectivity index (χ4v) is 8.78. The lowest BCUT2D eigenvalue weighted by molar-refractivity contribution is -0.137. The van der Waals surface area contributed by atoms with E-state index in [4.69, 9.17) is 16.1 Å². The molecule has 2 heterocycles. The zero-order valence-corrected chi connectivity index (χ0v) is 35.8. The molecule has 0 aliphatic heterocycles. The first-order valence-electron chi connectivity index (χ1n) is 21.4. The van der Waals surface area contributed by atoms with Gasteiger partial charge in [0.15, 0.2) is 0 Å². The Morgan fingerprint density at radius 1 is 0.667 bits per heavy atom. The third kappa shape index (κ3) is 10.4. The summed E-state index contributed by atoms with van der Waals surface area (Å²) < 4.78 is 3.16. The maximum Gasteiger partial charge on any atom is 0.323 e. The van der Waals surface area contributed by atoms with Crippen molar-refractivity contribution in [1.82, 2.24) is 24.4 Å². The molecule has 1 amide bonds. The van der Waals surface area contributed by atoms with Crippen LogP contribution in [0.3, 0.4) is 0 Å². The number of nitrogens with zero attached hydrogens (tertiary/aromatic N) is 8. The third-order valence-corrected chi connectivity index (χ3v) is 12.3. The van der Waals surface area contributed by atoms with Crippen LogP contribution in [0.4, 0.5) is 0 Å². The van der Waals surface area contributed by atoms with Gasteiger partial charge in [-0.2, -0.15) is 21.0 Å². The summed E-state index contributed by atoms with van der Waals surface area (Å²) in [4.78, 5) is 31.6. The Morgan fingerprint density at radius 3 is 1.49 bits per heavy atom. The number of nitrogens with two attached hydrogens (primary N) is 1. The first kappa shape index (κ1) is 45.2. The average molecular weight is 841 g/mol. The minimum Gasteiger partial charge on any atom is -0.480 e. The number of carboxylic acids is 1. The summed E-state index contributed by atoms with van der Waals surface area (Å²) in [7, 11) is 0. The number of imidazole rings is 2. The topological polar surface area (TPSA) is 223 Å². The summed E-state index contributed by atoms with van der Waals surface area (Å²) in [5, 5.41) is 49.2. The second kappa shape index (κ2) is 20.5. The van der Waals surface area contributed by atoms with Gasteiger partial charge in [-0.1, -0.05) is 99.2 Å². The highest BCUT2D eigenvalue weighted by atomic mass is 16.4. The average Bonchev–Trinajstić information content (AvgIpc) is 3.93. The van der Waals surface area contributed by atoms with E-state index >= 15 is 0 Å². The van der Waals surface area contributed by atoms with Crippen molar-refractivity contribution in [3.63, 3.8) is 0 Å². The molecule has 0 spiro atoms. The minimum absolute atomic E-state index is 0.0634. The first-order valence-corrected chi connectivity index (χ1v) is 21.4. The Balaban J connectivity index is 0.000000174. The van der Waals surface area contributed by atoms with Crippen molar-refractivity contribution < 1.29 is 14.7 Å². The number of benzene rings is 4. The van der Waals surface area contributed by atoms with E-state index in [1.807, 2.05) is 50.2 Å². The standard InChI is InChI=1S/C25H25N5O.C15H20N2.C10H7N3O2/c1-18(19-8-10-21(11-9-19)25(16-27)12-3-2-4-13-25)29-23(31)15-30-17-28-22-7-5-6-20(14-26)24(22)30;1-12(17)13-5-7-14(8-6-13)15(11-16)9-3-2-4-10-15;11-4-7-2-1-3-8-10(7)13(6-12-8)5-9(14)15/h5-11,17-18H,2-4,12-13,15H2,1H3,(H,29,31);5-8,12H,2-4,9-10,17H2,1H3;1-3,6H,5H2,(H,14,15). The lowest BCUT2D eigenvalue weighted by atomic mass is 9.70. The number of nitriles is 4. The van der Waals surface area contributed by atoms with Gasteiger partial charge in [0.1, 0.15) is 25.2 Å². The monoisotopic (exact) mass is 840 g/mol. The number of carboxylic acid groups (broad SMARTS) is 1. The van der Waals surface area contributed by atoms with Crippen LogP contribution in [0, 0.1) is 45.3 Å². The summed E-state index contributed by atoms with van der Waals surface area (Å²) >= 11 is 0. The molecule has 6 aromatic rings. The van der Waals surface area contributed by atoms with E-state index in [1.54, 1.807) is 41.2 Å². The number of nitrogens with one attached hydrogen (secondary N) is 1. The molecule has 2 aliphatic carbocycles. The molecule has 63 heavy (non-hydrogen) atoms. The van der Waals surface area contributed by atoms with Gasteiger partial charge in [-0.05, 0) is 86.1 Å². The zero-order valence-electron chi connectivity index (χ0n) is 35.8. The molecule has 0 radical (unpaired) electrons. The van der Waals surface area contributed by atoms with Crippen LogP contribution >= 0.6 is 0 Å². The van der Waals surface area contributed by atoms with Gasteiger partial charge in [-0.25, -0.2) is 9.97 Å². The van der Waals surface area contributed by atoms with Crippen molar-refractivity contribution in [1.29, 1.82) is 21.0 Å². The maximum atomic E-state index is 12.7. The molecule has 2 atom stereocenters. The Kier molecular flexibility index (Phi) is 14.7. The second-order valence-electron chi connectivity index (χ2n) is 16.5. The number of aromatic nitrogens is 4. The summed E-state index contributed by atoms with van der Waals surface area (Å²) in [6.07, 6.45) is 13.9. The van der Waals surface area contributed by atoms with Crippen LogP contribution in [-0.2, 0) is 33.5 Å². The van der Waals surface area contributed by atoms with E-state index in [0.717, 1.165) is 55.2 Å². The van der Waals surface area contributed by atoms with E-state index in [1.165, 1.54) is 42.1 Å². The number of aliphatic carboxylic acids is 1. The van der Waals surface area contributed by atoms with Crippen LogP contribution in [0.15, 0.2) is 97.6 Å². The number of amides is 1. The van der Waals surface area contributed by atoms with Gasteiger partial charge in [0, 0.05) is 6.04 Å². The second-order valence-corrected chi connectivity index (χ2v) is 16.5. The fraction of sp³-hybridized carbons (Fsp3) is 0.360. The summed E-state index contributed by atoms with van der Waals surface area (Å²) in [6, 6.07) is 36.0. The van der Waals surface area contributed by atoms with Gasteiger partial charge in [-0.15, -0.1) is 0 Å². The number of hydrogen-bond donors (Lipinski definition) is 3. The number of para-hydroxylation sites is 2. The molecule has 320 valence electrons. The molecule has 0 bridgehead atoms. The molecule has 2 fully saturated rings. The Labute approximate surface area is 368 Å². The number of carbonyl (C=O) groups is 2. The molecule has 4 N–H and O–H groups in total. The van der Waals surface area contributed by atoms with Gasteiger partial charge < -0.3 is 25.3 Å². The molecule has 2 saturated carbocycles. The Bertz CT molecular complexity index is 2710. The molecule has 2 aliphatic rings. The van der Waals surface area contributed by atoms with E-state index in [-0.39, 0.29) is 41.9 Å². The Hall–Kier alpha value is -7.32. The molecular formula is C50H52N10O3. The maximum absolute atomic E-state index is 12.7. The van der Waals surface area contributed by atoms with Gasteiger partial charge in [0.2, 0.25) is 5.91 Å². The zero-order chi connectivity index (χ0) is 45.0. The van der Waals surface area contributed by atoms with Crippen molar-refractivity contribution in [2.45, 2.75) is 114 Å². The lowest BCUT2D eigenvalue weighted by Gasteiger charge is -2.31. The minimum atomic E-state index is -0.956. The van der Waals surface area contributed by atoms with Crippen molar-refractivity contribution in [3.05, 3.63) is 131 Å². The molecule has 13 nitrogen and oxygen atoms in total. The number of fused-ring (bicyclic) bond motifs is 2. The molecule has 13 heteroatoms. The highest BCUT2D eigenvalue weighted by Gasteiger charge is 2.35. The van der Waals surface area contributed by atoms with Gasteiger partial charge >= 0.3 is 5.97 Å². The molecule has 8 rings (SSSR count). The van der Waals surface area contributed by atoms with Crippen LogP contribution in [-0.4, -0.2) is 36.1 Å². The molecule has 4 aromatic carbocycles. The summed E-state index contributed by atoms with van der Waals surface area (Å²) in [5.74, 6) is -1.11. The van der Waals surface area contributed by atoms with Crippen LogP contribution in [0.25, 0.3) is 22.1 Å². The number of rotatable bonds is 9. The van der Waals surface area contributed by atoms with E-state index < -0.39 is 5.97 Å². The van der Waals surface area contributed by atoms with E-state index in [0.29, 0.717) is 33.2 Å². The highest BCUT2D eigenvalue weighted by Crippen LogP contribution is 2.40. The molecular weight excluding hydrogens is 789 g/mol. The largest absolute Gasteiger partial charge is 0.480 e. The van der Waals surface area contributed by atoms with E-state index in [9.17, 15) is 25.4 Å². The molecule has 2 unspecified atom stereocenters. The van der Waals surface area contributed by atoms with Gasteiger partial charge in [0.05, 0.1) is 74.9 Å². The molecule has 2 aromatic heterocycles. The van der Waals surface area contributed by atoms with Crippen LogP contribution in [0.1, 0.15) is 124 Å². The predicted octanol–water partition coefficient (Wildman–Crippen LogP) is 8.94. The van der Waals surface area contributed by atoms with Crippen LogP contribution in [0.5, 0.6) is 0 Å². The molecule has 0 saturated heterocycles. The van der Waals surface area contributed by atoms with Gasteiger partial charge in [0.25, 0.3) is 0 Å². The summed E-state index contributed by atoms with van der Waals surface area (Å²) in [6.45, 7) is 3.83. The van der Waals surface area contributed by atoms with Crippen molar-refractivity contribution in [2.75, 3.05) is 0 Å². The highest BCUT2D eigenvalue weighted by molar-refractivity contribution is 5.85. The van der Waals surface area contributed by atoms with E-state index in [2.05, 4.69) is 57.8 Å². The van der Waals surface area contributed by atoms with Crippen LogP contribution in [0.2, 0.25) is 0 Å². The van der Waals surface area contributed by atoms with Gasteiger partial charge in [-0.3, -0.25) is 9.59 Å². The lowest BCUT2D eigenvalue weighted by Crippen LogP contribution is -2.30. The predicted molar refractivity (Wildman–Crippen MR) is 239 cm³/mol. The number of carbonyl (C=O) groups excluding carboxylic acids is 1. The quantitative estimate of drug-likeness (QED) is 0.125. The van der Waals surface area contributed by atoms with Crippen molar-refractivity contribution in [3.8, 4) is 24.3 Å². The van der Waals surface area contributed by atoms with Crippen LogP contribution < -0.4 is 11.1 Å². The Morgan fingerprint density at radius 2 is 1.10 bits per heavy atom. The number of hydrogen-bond acceptors (Lipinski definition) is 9.